The molecule has 2 atom stereocenters. The number of nitrogens with one attached hydrogen (secondary N) is 2. The van der Waals surface area contributed by atoms with Gasteiger partial charge in [0.15, 0.2) is 0 Å². The van der Waals surface area contributed by atoms with Crippen molar-refractivity contribution in [3.8, 4) is 0 Å². The van der Waals surface area contributed by atoms with Crippen molar-refractivity contribution in [2.45, 2.75) is 32.9 Å². The lowest BCUT2D eigenvalue weighted by atomic mass is 10.1. The molecule has 0 aliphatic carbocycles. The number of methoxy groups -OCH3 is 1. The van der Waals surface area contributed by atoms with Crippen LogP contribution in [0.15, 0.2) is 0 Å². The largest absolute Gasteiger partial charge is 0.467 e. The summed E-state index contributed by atoms with van der Waals surface area (Å²) < 4.78 is 4.45. The number of esters is 1. The van der Waals surface area contributed by atoms with Gasteiger partial charge in [0.1, 0.15) is 6.04 Å². The van der Waals surface area contributed by atoms with Gasteiger partial charge in [-0.25, -0.2) is 4.79 Å². The summed E-state index contributed by atoms with van der Waals surface area (Å²) in [6, 6.07) is -1.41. The summed E-state index contributed by atoms with van der Waals surface area (Å²) >= 11 is 0. The van der Waals surface area contributed by atoms with Gasteiger partial charge in [0.2, 0.25) is 11.8 Å². The number of carbonyl (C=O) groups excluding carboxylic acids is 3. The van der Waals surface area contributed by atoms with E-state index < -0.39 is 29.9 Å². The molecule has 0 radical (unpaired) electrons. The van der Waals surface area contributed by atoms with Gasteiger partial charge < -0.3 is 21.1 Å². The van der Waals surface area contributed by atoms with Crippen molar-refractivity contribution in [2.75, 3.05) is 13.7 Å². The van der Waals surface area contributed by atoms with Gasteiger partial charge >= 0.3 is 5.97 Å². The highest BCUT2D eigenvalue weighted by atomic mass is 16.5. The predicted molar refractivity (Wildman–Crippen MR) is 65.4 cm³/mol. The van der Waals surface area contributed by atoms with Crippen LogP contribution in [0.5, 0.6) is 0 Å². The summed E-state index contributed by atoms with van der Waals surface area (Å²) in [6.45, 7) is 4.89. The minimum Gasteiger partial charge on any atom is -0.467 e. The van der Waals surface area contributed by atoms with Crippen LogP contribution in [0, 0.1) is 5.92 Å². The third-order valence-electron chi connectivity index (χ3n) is 2.38. The topological polar surface area (TPSA) is 111 Å². The quantitative estimate of drug-likeness (QED) is 0.517. The van der Waals surface area contributed by atoms with E-state index in [1.165, 1.54) is 14.0 Å². The zero-order valence-electron chi connectivity index (χ0n) is 11.1. The molecule has 0 unspecified atom stereocenters. The fourth-order valence-corrected chi connectivity index (χ4v) is 1.12. The third-order valence-corrected chi connectivity index (χ3v) is 2.38. The Labute approximate surface area is 106 Å². The first-order valence-corrected chi connectivity index (χ1v) is 5.70. The molecule has 0 aromatic heterocycles. The Morgan fingerprint density at radius 3 is 2.22 bits per heavy atom. The average molecular weight is 259 g/mol. The molecule has 0 spiro atoms. The lowest BCUT2D eigenvalue weighted by molar-refractivity contribution is -0.144. The van der Waals surface area contributed by atoms with E-state index in [9.17, 15) is 14.4 Å². The molecule has 7 nitrogen and oxygen atoms in total. The molecule has 18 heavy (non-hydrogen) atoms. The molecule has 0 aromatic rings. The number of nitrogens with two attached hydrogens (primary N) is 1. The normalized spacial score (nSPS) is 13.7. The highest BCUT2D eigenvalue weighted by molar-refractivity contribution is 5.89. The van der Waals surface area contributed by atoms with E-state index in [2.05, 4.69) is 15.4 Å². The molecule has 0 aliphatic rings. The van der Waals surface area contributed by atoms with Crippen LogP contribution in [0.4, 0.5) is 0 Å². The first-order valence-electron chi connectivity index (χ1n) is 5.70. The van der Waals surface area contributed by atoms with Crippen molar-refractivity contribution in [1.29, 1.82) is 0 Å². The molecule has 0 bridgehead atoms. The monoisotopic (exact) mass is 259 g/mol. The van der Waals surface area contributed by atoms with Crippen molar-refractivity contribution in [3.05, 3.63) is 0 Å². The molecule has 2 amide bonds. The fourth-order valence-electron chi connectivity index (χ4n) is 1.12. The van der Waals surface area contributed by atoms with Gasteiger partial charge in [0, 0.05) is 0 Å². The van der Waals surface area contributed by atoms with Crippen molar-refractivity contribution in [3.63, 3.8) is 0 Å². The van der Waals surface area contributed by atoms with Gasteiger partial charge in [0.25, 0.3) is 0 Å². The lowest BCUT2D eigenvalue weighted by Gasteiger charge is -2.16. The summed E-state index contributed by atoms with van der Waals surface area (Å²) in [4.78, 5) is 33.9. The Bertz CT molecular complexity index is 317. The van der Waals surface area contributed by atoms with E-state index in [1.54, 1.807) is 0 Å². The number of carbonyl (C=O) groups is 3. The van der Waals surface area contributed by atoms with Crippen LogP contribution < -0.4 is 16.4 Å². The van der Waals surface area contributed by atoms with Crippen LogP contribution in [0.3, 0.4) is 0 Å². The maximum Gasteiger partial charge on any atom is 0.328 e. The molecule has 104 valence electrons. The molecule has 0 saturated heterocycles. The second-order valence-corrected chi connectivity index (χ2v) is 4.30. The summed E-state index contributed by atoms with van der Waals surface area (Å²) in [5, 5.41) is 4.78. The Morgan fingerprint density at radius 2 is 1.78 bits per heavy atom. The van der Waals surface area contributed by atoms with Gasteiger partial charge in [0.05, 0.1) is 19.7 Å². The third kappa shape index (κ3) is 5.62. The highest BCUT2D eigenvalue weighted by Crippen LogP contribution is 1.97. The van der Waals surface area contributed by atoms with Crippen LogP contribution in [-0.2, 0) is 19.1 Å². The van der Waals surface area contributed by atoms with E-state index in [4.69, 9.17) is 5.73 Å². The van der Waals surface area contributed by atoms with E-state index in [0.29, 0.717) is 0 Å². The molecule has 7 heteroatoms. The minimum atomic E-state index is -0.752. The van der Waals surface area contributed by atoms with Gasteiger partial charge in [-0.3, -0.25) is 9.59 Å². The van der Waals surface area contributed by atoms with E-state index >= 15 is 0 Å². The first-order chi connectivity index (χ1) is 8.29. The zero-order valence-corrected chi connectivity index (χ0v) is 11.1. The predicted octanol–water partition coefficient (Wildman–Crippen LogP) is -1.24. The summed E-state index contributed by atoms with van der Waals surface area (Å²) in [5.41, 5.74) is 5.60. The summed E-state index contributed by atoms with van der Waals surface area (Å²) in [6.07, 6.45) is 0. The number of rotatable bonds is 6. The Kier molecular flexibility index (Phi) is 6.96. The zero-order chi connectivity index (χ0) is 14.3. The maximum atomic E-state index is 11.5. The van der Waals surface area contributed by atoms with Crippen LogP contribution in [0.1, 0.15) is 20.8 Å². The van der Waals surface area contributed by atoms with Crippen molar-refractivity contribution in [1.82, 2.24) is 10.6 Å². The average Bonchev–Trinajstić information content (AvgIpc) is 2.33. The second kappa shape index (κ2) is 7.65. The molecule has 0 fully saturated rings. The van der Waals surface area contributed by atoms with Gasteiger partial charge in [-0.15, -0.1) is 0 Å². The number of amides is 2. The number of hydrogen-bond donors (Lipinski definition) is 3. The standard InChI is InChI=1S/C11H21N3O4/c1-6(2)9(12)10(16)13-5-8(15)14-7(3)11(17)18-4/h6-7,9H,5,12H2,1-4H3,(H,13,16)(H,14,15)/t7-,9-/m0/s1. The number of hydrogen-bond acceptors (Lipinski definition) is 5. The molecule has 0 rings (SSSR count). The SMILES string of the molecule is COC(=O)[C@H](C)NC(=O)CNC(=O)[C@@H](N)C(C)C. The van der Waals surface area contributed by atoms with E-state index in [0.717, 1.165) is 0 Å². The molecule has 0 heterocycles. The van der Waals surface area contributed by atoms with E-state index in [-0.39, 0.29) is 12.5 Å². The smallest absolute Gasteiger partial charge is 0.328 e. The summed E-state index contributed by atoms with van der Waals surface area (Å²) in [5.74, 6) is -1.43. The second-order valence-electron chi connectivity index (χ2n) is 4.30. The number of ether oxygens (including phenoxy) is 1. The van der Waals surface area contributed by atoms with Crippen LogP contribution in [0.25, 0.3) is 0 Å². The van der Waals surface area contributed by atoms with Gasteiger partial charge in [-0.1, -0.05) is 13.8 Å². The van der Waals surface area contributed by atoms with Crippen molar-refractivity contribution < 1.29 is 19.1 Å². The molecular formula is C11H21N3O4. The molecule has 0 saturated carbocycles. The molecule has 0 aliphatic heterocycles. The van der Waals surface area contributed by atoms with E-state index in [1.807, 2.05) is 13.8 Å². The minimum absolute atomic E-state index is 0.0120. The van der Waals surface area contributed by atoms with Gasteiger partial charge in [-0.2, -0.15) is 0 Å². The van der Waals surface area contributed by atoms with Gasteiger partial charge in [-0.05, 0) is 12.8 Å². The lowest BCUT2D eigenvalue weighted by Crippen LogP contribution is -2.49. The first kappa shape index (κ1) is 16.4. The Morgan fingerprint density at radius 1 is 1.22 bits per heavy atom. The Hall–Kier alpha value is -1.63. The summed E-state index contributed by atoms with van der Waals surface area (Å²) in [7, 11) is 1.23. The van der Waals surface area contributed by atoms with Crippen LogP contribution >= 0.6 is 0 Å². The fraction of sp³-hybridized carbons (Fsp3) is 0.727. The molecule has 0 aromatic carbocycles. The molecule has 4 N–H and O–H groups in total. The maximum absolute atomic E-state index is 11.5. The van der Waals surface area contributed by atoms with Crippen molar-refractivity contribution in [2.24, 2.45) is 11.7 Å². The highest BCUT2D eigenvalue weighted by Gasteiger charge is 2.19. The Balaban J connectivity index is 4.05. The van der Waals surface area contributed by atoms with Crippen LogP contribution in [0.2, 0.25) is 0 Å². The van der Waals surface area contributed by atoms with Crippen molar-refractivity contribution >= 4 is 17.8 Å². The van der Waals surface area contributed by atoms with Crippen LogP contribution in [-0.4, -0.2) is 43.5 Å². The molecular weight excluding hydrogens is 238 g/mol.